The lowest BCUT2D eigenvalue weighted by molar-refractivity contribution is 0.637. The summed E-state index contributed by atoms with van der Waals surface area (Å²) in [6.45, 7) is 2.26. The summed E-state index contributed by atoms with van der Waals surface area (Å²) in [5.41, 5.74) is 7.71. The molecule has 0 spiro atoms. The summed E-state index contributed by atoms with van der Waals surface area (Å²) in [6, 6.07) is 8.57. The van der Waals surface area contributed by atoms with Gasteiger partial charge in [0.15, 0.2) is 0 Å². The van der Waals surface area contributed by atoms with E-state index in [0.717, 1.165) is 24.5 Å². The molecular formula is C12H19N3. The zero-order valence-electron chi connectivity index (χ0n) is 9.00. The molecule has 0 amide bonds. The first-order chi connectivity index (χ1) is 7.34. The largest absolute Gasteiger partial charge is 0.399 e. The molecule has 1 atom stereocenters. The first-order valence-electron chi connectivity index (χ1n) is 5.67. The number of anilines is 2. The summed E-state index contributed by atoms with van der Waals surface area (Å²) in [4.78, 5) is 0. The molecule has 15 heavy (non-hydrogen) atoms. The van der Waals surface area contributed by atoms with Crippen LogP contribution in [0.1, 0.15) is 19.3 Å². The van der Waals surface area contributed by atoms with Crippen LogP contribution < -0.4 is 16.4 Å². The van der Waals surface area contributed by atoms with Gasteiger partial charge in [-0.05, 0) is 50.6 Å². The van der Waals surface area contributed by atoms with E-state index in [1.165, 1.54) is 19.3 Å². The monoisotopic (exact) mass is 205 g/mol. The normalized spacial score (nSPS) is 22.0. The SMILES string of the molecule is Nc1cccc(NC2CCCNCC2)c1. The summed E-state index contributed by atoms with van der Waals surface area (Å²) >= 11 is 0. The fourth-order valence-corrected chi connectivity index (χ4v) is 2.03. The molecule has 1 aliphatic heterocycles. The van der Waals surface area contributed by atoms with Crippen LogP contribution in [0.25, 0.3) is 0 Å². The van der Waals surface area contributed by atoms with E-state index < -0.39 is 0 Å². The first-order valence-corrected chi connectivity index (χ1v) is 5.67. The van der Waals surface area contributed by atoms with Crippen LogP contribution in [0.15, 0.2) is 24.3 Å². The second kappa shape index (κ2) is 5.03. The third-order valence-corrected chi connectivity index (χ3v) is 2.83. The summed E-state index contributed by atoms with van der Waals surface area (Å²) in [5, 5.41) is 6.95. The van der Waals surface area contributed by atoms with Crippen LogP contribution in [-0.2, 0) is 0 Å². The average Bonchev–Trinajstić information content (AvgIpc) is 2.46. The Morgan fingerprint density at radius 2 is 2.20 bits per heavy atom. The smallest absolute Gasteiger partial charge is 0.0362 e. The van der Waals surface area contributed by atoms with Crippen LogP contribution in [0.5, 0.6) is 0 Å². The minimum atomic E-state index is 0.585. The average molecular weight is 205 g/mol. The Morgan fingerprint density at radius 1 is 1.27 bits per heavy atom. The van der Waals surface area contributed by atoms with Crippen molar-refractivity contribution in [3.8, 4) is 0 Å². The lowest BCUT2D eigenvalue weighted by Crippen LogP contribution is -2.21. The van der Waals surface area contributed by atoms with Gasteiger partial charge in [0.25, 0.3) is 0 Å². The lowest BCUT2D eigenvalue weighted by Gasteiger charge is -2.17. The molecule has 3 nitrogen and oxygen atoms in total. The maximum absolute atomic E-state index is 5.74. The van der Waals surface area contributed by atoms with E-state index in [1.54, 1.807) is 0 Å². The highest BCUT2D eigenvalue weighted by Gasteiger charge is 2.10. The number of nitrogen functional groups attached to an aromatic ring is 1. The Kier molecular flexibility index (Phi) is 3.45. The van der Waals surface area contributed by atoms with Crippen molar-refractivity contribution < 1.29 is 0 Å². The van der Waals surface area contributed by atoms with E-state index in [-0.39, 0.29) is 0 Å². The van der Waals surface area contributed by atoms with Crippen molar-refractivity contribution in [2.24, 2.45) is 0 Å². The zero-order chi connectivity index (χ0) is 10.5. The minimum Gasteiger partial charge on any atom is -0.399 e. The molecule has 1 heterocycles. The van der Waals surface area contributed by atoms with Crippen molar-refractivity contribution in [2.75, 3.05) is 24.1 Å². The van der Waals surface area contributed by atoms with Crippen molar-refractivity contribution >= 4 is 11.4 Å². The van der Waals surface area contributed by atoms with Crippen molar-refractivity contribution in [3.63, 3.8) is 0 Å². The van der Waals surface area contributed by atoms with E-state index in [2.05, 4.69) is 16.7 Å². The molecule has 0 aromatic heterocycles. The van der Waals surface area contributed by atoms with Gasteiger partial charge in [-0.25, -0.2) is 0 Å². The molecule has 3 heteroatoms. The zero-order valence-corrected chi connectivity index (χ0v) is 9.00. The number of nitrogens with two attached hydrogens (primary N) is 1. The van der Waals surface area contributed by atoms with Gasteiger partial charge < -0.3 is 16.4 Å². The first kappa shape index (κ1) is 10.3. The van der Waals surface area contributed by atoms with Crippen molar-refractivity contribution in [1.29, 1.82) is 0 Å². The van der Waals surface area contributed by atoms with E-state index in [9.17, 15) is 0 Å². The molecule has 1 aliphatic rings. The molecule has 0 radical (unpaired) electrons. The Hall–Kier alpha value is -1.22. The highest BCUT2D eigenvalue weighted by atomic mass is 14.9. The summed E-state index contributed by atoms with van der Waals surface area (Å²) in [5.74, 6) is 0. The van der Waals surface area contributed by atoms with E-state index in [4.69, 9.17) is 5.73 Å². The second-order valence-corrected chi connectivity index (χ2v) is 4.15. The third-order valence-electron chi connectivity index (χ3n) is 2.83. The van der Waals surface area contributed by atoms with Crippen LogP contribution >= 0.6 is 0 Å². The number of benzene rings is 1. The summed E-state index contributed by atoms with van der Waals surface area (Å²) in [6.07, 6.45) is 3.68. The molecule has 1 saturated heterocycles. The van der Waals surface area contributed by atoms with Gasteiger partial charge in [0.1, 0.15) is 0 Å². The van der Waals surface area contributed by atoms with E-state index in [0.29, 0.717) is 6.04 Å². The topological polar surface area (TPSA) is 50.1 Å². The minimum absolute atomic E-state index is 0.585. The molecule has 1 unspecified atom stereocenters. The molecular weight excluding hydrogens is 186 g/mol. The summed E-state index contributed by atoms with van der Waals surface area (Å²) < 4.78 is 0. The second-order valence-electron chi connectivity index (χ2n) is 4.15. The number of hydrogen-bond donors (Lipinski definition) is 3. The number of hydrogen-bond acceptors (Lipinski definition) is 3. The fourth-order valence-electron chi connectivity index (χ4n) is 2.03. The molecule has 0 saturated carbocycles. The highest BCUT2D eigenvalue weighted by molar-refractivity contribution is 5.54. The van der Waals surface area contributed by atoms with Crippen LogP contribution in [-0.4, -0.2) is 19.1 Å². The van der Waals surface area contributed by atoms with Crippen LogP contribution in [0.2, 0.25) is 0 Å². The molecule has 2 rings (SSSR count). The molecule has 0 aliphatic carbocycles. The van der Waals surface area contributed by atoms with Gasteiger partial charge in [-0.3, -0.25) is 0 Å². The lowest BCUT2D eigenvalue weighted by atomic mass is 10.1. The Morgan fingerprint density at radius 3 is 3.07 bits per heavy atom. The molecule has 4 N–H and O–H groups in total. The van der Waals surface area contributed by atoms with Gasteiger partial charge in [-0.1, -0.05) is 6.07 Å². The third kappa shape index (κ3) is 3.13. The highest BCUT2D eigenvalue weighted by Crippen LogP contribution is 2.16. The Bertz CT molecular complexity index is 303. The molecule has 1 aromatic carbocycles. The number of nitrogens with one attached hydrogen (secondary N) is 2. The number of rotatable bonds is 2. The Labute approximate surface area is 91.1 Å². The van der Waals surface area contributed by atoms with Crippen LogP contribution in [0.4, 0.5) is 11.4 Å². The molecule has 1 fully saturated rings. The standard InChI is InChI=1S/C12H19N3/c13-10-3-1-4-12(9-10)15-11-5-2-7-14-8-6-11/h1,3-4,9,11,14-15H,2,5-8,13H2. The predicted octanol–water partition coefficient (Wildman–Crippen LogP) is 1.82. The van der Waals surface area contributed by atoms with E-state index in [1.807, 2.05) is 18.2 Å². The van der Waals surface area contributed by atoms with Crippen LogP contribution in [0, 0.1) is 0 Å². The maximum Gasteiger partial charge on any atom is 0.0362 e. The van der Waals surface area contributed by atoms with Crippen molar-refractivity contribution in [2.45, 2.75) is 25.3 Å². The van der Waals surface area contributed by atoms with Gasteiger partial charge >= 0.3 is 0 Å². The van der Waals surface area contributed by atoms with Crippen molar-refractivity contribution in [1.82, 2.24) is 5.32 Å². The molecule has 1 aromatic rings. The van der Waals surface area contributed by atoms with Gasteiger partial charge in [0.05, 0.1) is 0 Å². The maximum atomic E-state index is 5.74. The van der Waals surface area contributed by atoms with Gasteiger partial charge in [0, 0.05) is 17.4 Å². The fraction of sp³-hybridized carbons (Fsp3) is 0.500. The quantitative estimate of drug-likeness (QED) is 0.645. The predicted molar refractivity (Wildman–Crippen MR) is 65.0 cm³/mol. The molecule has 82 valence electrons. The molecule has 0 bridgehead atoms. The van der Waals surface area contributed by atoms with Gasteiger partial charge in [-0.15, -0.1) is 0 Å². The van der Waals surface area contributed by atoms with Crippen LogP contribution in [0.3, 0.4) is 0 Å². The van der Waals surface area contributed by atoms with Gasteiger partial charge in [-0.2, -0.15) is 0 Å². The van der Waals surface area contributed by atoms with Crippen molar-refractivity contribution in [3.05, 3.63) is 24.3 Å². The van der Waals surface area contributed by atoms with Gasteiger partial charge in [0.2, 0.25) is 0 Å². The van der Waals surface area contributed by atoms with E-state index >= 15 is 0 Å². The summed E-state index contributed by atoms with van der Waals surface area (Å²) in [7, 11) is 0. The Balaban J connectivity index is 1.95.